The summed E-state index contributed by atoms with van der Waals surface area (Å²) >= 11 is 6.43. The molecule has 2 atom stereocenters. The molecule has 1 saturated heterocycles. The molecule has 0 spiro atoms. The maximum absolute atomic E-state index is 13.9. The lowest BCUT2D eigenvalue weighted by atomic mass is 9.93. The fourth-order valence-corrected chi connectivity index (χ4v) is 5.10. The van der Waals surface area contributed by atoms with Crippen LogP contribution < -0.4 is 10.1 Å². The lowest BCUT2D eigenvalue weighted by Gasteiger charge is -2.44. The molecule has 34 heavy (non-hydrogen) atoms. The first-order chi connectivity index (χ1) is 16.4. The molecule has 5 rings (SSSR count). The molecule has 7 nitrogen and oxygen atoms in total. The second-order valence-corrected chi connectivity index (χ2v) is 9.55. The molecule has 3 heterocycles. The molecule has 2 aliphatic heterocycles. The van der Waals surface area contributed by atoms with Gasteiger partial charge in [-0.05, 0) is 49.6 Å². The minimum absolute atomic E-state index is 0.0103. The third-order valence-corrected chi connectivity index (χ3v) is 7.30. The van der Waals surface area contributed by atoms with Crippen LogP contribution in [0.3, 0.4) is 0 Å². The number of ether oxygens (including phenoxy) is 2. The molecular weight excluding hydrogens is 454 g/mol. The van der Waals surface area contributed by atoms with E-state index in [2.05, 4.69) is 5.32 Å². The Balaban J connectivity index is 1.55. The molecule has 178 valence electrons. The molecule has 1 fully saturated rings. The van der Waals surface area contributed by atoms with Crippen LogP contribution >= 0.6 is 11.6 Å². The van der Waals surface area contributed by atoms with Crippen molar-refractivity contribution < 1.29 is 19.1 Å². The van der Waals surface area contributed by atoms with Crippen LogP contribution in [0, 0.1) is 0 Å². The van der Waals surface area contributed by atoms with Crippen LogP contribution in [0.2, 0.25) is 5.02 Å². The van der Waals surface area contributed by atoms with Crippen molar-refractivity contribution in [3.8, 4) is 5.75 Å². The third-order valence-electron chi connectivity index (χ3n) is 6.93. The number of nitrogens with zero attached hydrogens (tertiary/aromatic N) is 2. The van der Waals surface area contributed by atoms with Crippen molar-refractivity contribution in [1.82, 2.24) is 14.8 Å². The number of carbonyl (C=O) groups is 2. The average molecular weight is 482 g/mol. The molecule has 2 aliphatic rings. The first-order valence-electron chi connectivity index (χ1n) is 11.5. The van der Waals surface area contributed by atoms with Gasteiger partial charge in [0, 0.05) is 36.2 Å². The van der Waals surface area contributed by atoms with Crippen molar-refractivity contribution in [2.24, 2.45) is 0 Å². The monoisotopic (exact) mass is 481 g/mol. The Morgan fingerprint density at radius 2 is 2.09 bits per heavy atom. The van der Waals surface area contributed by atoms with Crippen LogP contribution in [0.1, 0.15) is 35.8 Å². The molecular formula is C26H28ClN3O4. The van der Waals surface area contributed by atoms with E-state index in [1.807, 2.05) is 54.0 Å². The van der Waals surface area contributed by atoms with Gasteiger partial charge in [0.25, 0.3) is 5.91 Å². The van der Waals surface area contributed by atoms with Gasteiger partial charge in [-0.1, -0.05) is 29.8 Å². The highest BCUT2D eigenvalue weighted by Gasteiger charge is 2.48. The number of carbonyl (C=O) groups excluding carboxylic acids is 2. The summed E-state index contributed by atoms with van der Waals surface area (Å²) in [5, 5.41) is 4.54. The molecule has 0 bridgehead atoms. The Bertz CT molecular complexity index is 1250. The SMILES string of the molecule is COc1ccc2cc3n(c2c1)C[C@](C)(C(=O)NC[C@H]1CCCO1)N(Cc1ccccc1Cl)C3=O. The van der Waals surface area contributed by atoms with Gasteiger partial charge in [-0.15, -0.1) is 0 Å². The summed E-state index contributed by atoms with van der Waals surface area (Å²) < 4.78 is 13.0. The van der Waals surface area contributed by atoms with Crippen LogP contribution in [0.15, 0.2) is 48.5 Å². The number of halogens is 1. The van der Waals surface area contributed by atoms with Gasteiger partial charge in [0.05, 0.1) is 25.3 Å². The van der Waals surface area contributed by atoms with E-state index < -0.39 is 5.54 Å². The van der Waals surface area contributed by atoms with Gasteiger partial charge in [0.1, 0.15) is 17.0 Å². The summed E-state index contributed by atoms with van der Waals surface area (Å²) in [4.78, 5) is 29.2. The zero-order valence-corrected chi connectivity index (χ0v) is 20.1. The van der Waals surface area contributed by atoms with Crippen LogP contribution in [0.4, 0.5) is 0 Å². The maximum Gasteiger partial charge on any atom is 0.271 e. The van der Waals surface area contributed by atoms with Gasteiger partial charge in [-0.25, -0.2) is 0 Å². The Kier molecular flexibility index (Phi) is 6.00. The first kappa shape index (κ1) is 22.7. The lowest BCUT2D eigenvalue weighted by molar-refractivity contribution is -0.133. The fraction of sp³-hybridized carbons (Fsp3) is 0.385. The molecule has 2 aromatic carbocycles. The molecule has 3 aromatic rings. The van der Waals surface area contributed by atoms with Gasteiger partial charge >= 0.3 is 0 Å². The highest BCUT2D eigenvalue weighted by molar-refractivity contribution is 6.31. The van der Waals surface area contributed by atoms with E-state index in [1.54, 1.807) is 18.1 Å². The smallest absolute Gasteiger partial charge is 0.271 e. The number of benzene rings is 2. The molecule has 1 N–H and O–H groups in total. The van der Waals surface area contributed by atoms with Gasteiger partial charge in [-0.3, -0.25) is 9.59 Å². The van der Waals surface area contributed by atoms with Crippen molar-refractivity contribution in [3.63, 3.8) is 0 Å². The van der Waals surface area contributed by atoms with E-state index in [4.69, 9.17) is 21.1 Å². The number of fused-ring (bicyclic) bond motifs is 3. The summed E-state index contributed by atoms with van der Waals surface area (Å²) in [7, 11) is 1.61. The van der Waals surface area contributed by atoms with Crippen molar-refractivity contribution in [3.05, 3.63) is 64.8 Å². The predicted octanol–water partition coefficient (Wildman–Crippen LogP) is 4.01. The summed E-state index contributed by atoms with van der Waals surface area (Å²) in [6, 6.07) is 15.0. The van der Waals surface area contributed by atoms with Crippen LogP contribution in [0.5, 0.6) is 5.75 Å². The molecule has 0 aliphatic carbocycles. The number of aromatic nitrogens is 1. The Hall–Kier alpha value is -3.03. The maximum atomic E-state index is 13.9. The minimum Gasteiger partial charge on any atom is -0.497 e. The number of nitrogens with one attached hydrogen (secondary N) is 1. The van der Waals surface area contributed by atoms with E-state index in [0.717, 1.165) is 35.9 Å². The van der Waals surface area contributed by atoms with Gasteiger partial charge in [-0.2, -0.15) is 0 Å². The Labute approximate surface area is 203 Å². The lowest BCUT2D eigenvalue weighted by Crippen LogP contribution is -2.64. The van der Waals surface area contributed by atoms with Crippen molar-refractivity contribution >= 4 is 34.3 Å². The van der Waals surface area contributed by atoms with Gasteiger partial charge < -0.3 is 24.3 Å². The fourth-order valence-electron chi connectivity index (χ4n) is 4.90. The summed E-state index contributed by atoms with van der Waals surface area (Å²) in [5.74, 6) is 0.277. The normalized spacial score (nSPS) is 22.1. The molecule has 0 radical (unpaired) electrons. The quantitative estimate of drug-likeness (QED) is 0.577. The molecule has 2 amide bonds. The minimum atomic E-state index is -1.13. The molecule has 0 unspecified atom stereocenters. The second kappa shape index (κ2) is 8.96. The predicted molar refractivity (Wildman–Crippen MR) is 130 cm³/mol. The number of hydrogen-bond donors (Lipinski definition) is 1. The van der Waals surface area contributed by atoms with E-state index in [9.17, 15) is 9.59 Å². The number of hydrogen-bond acceptors (Lipinski definition) is 4. The highest BCUT2D eigenvalue weighted by Crippen LogP contribution is 2.35. The Morgan fingerprint density at radius 1 is 1.26 bits per heavy atom. The van der Waals surface area contributed by atoms with Gasteiger partial charge in [0.15, 0.2) is 0 Å². The summed E-state index contributed by atoms with van der Waals surface area (Å²) in [6.07, 6.45) is 1.93. The van der Waals surface area contributed by atoms with Crippen molar-refractivity contribution in [1.29, 1.82) is 0 Å². The molecule has 8 heteroatoms. The zero-order chi connectivity index (χ0) is 23.9. The van der Waals surface area contributed by atoms with E-state index in [1.165, 1.54) is 0 Å². The first-order valence-corrected chi connectivity index (χ1v) is 11.9. The van der Waals surface area contributed by atoms with Crippen molar-refractivity contribution in [2.45, 2.75) is 44.5 Å². The van der Waals surface area contributed by atoms with Crippen LogP contribution in [0.25, 0.3) is 10.9 Å². The molecule has 1 aromatic heterocycles. The van der Waals surface area contributed by atoms with E-state index in [-0.39, 0.29) is 24.5 Å². The second-order valence-electron chi connectivity index (χ2n) is 9.14. The number of methoxy groups -OCH3 is 1. The highest BCUT2D eigenvalue weighted by atomic mass is 35.5. The standard InChI is InChI=1S/C26H28ClN3O4/c1-26(25(32)28-14-20-7-5-11-34-20)16-29-22-13-19(33-2)10-9-17(22)12-23(29)24(31)30(26)15-18-6-3-4-8-21(18)27/h3-4,6,8-10,12-13,20H,5,7,11,14-16H2,1-2H3,(H,28,32)/t20-,26-/m1/s1. The third kappa shape index (κ3) is 3.93. The zero-order valence-electron chi connectivity index (χ0n) is 19.3. The average Bonchev–Trinajstić information content (AvgIpc) is 3.49. The largest absolute Gasteiger partial charge is 0.497 e. The summed E-state index contributed by atoms with van der Waals surface area (Å²) in [6.45, 7) is 3.51. The number of rotatable bonds is 6. The topological polar surface area (TPSA) is 72.8 Å². The van der Waals surface area contributed by atoms with Crippen molar-refractivity contribution in [2.75, 3.05) is 20.3 Å². The summed E-state index contributed by atoms with van der Waals surface area (Å²) in [5.41, 5.74) is 1.07. The molecule has 0 saturated carbocycles. The van der Waals surface area contributed by atoms with Gasteiger partial charge in [0.2, 0.25) is 5.91 Å². The van der Waals surface area contributed by atoms with Crippen LogP contribution in [-0.2, 0) is 22.6 Å². The van der Waals surface area contributed by atoms with E-state index in [0.29, 0.717) is 29.6 Å². The van der Waals surface area contributed by atoms with Crippen LogP contribution in [-0.4, -0.2) is 53.2 Å². The number of amides is 2. The Morgan fingerprint density at radius 3 is 2.82 bits per heavy atom. The van der Waals surface area contributed by atoms with E-state index >= 15 is 0 Å².